The highest BCUT2D eigenvalue weighted by Crippen LogP contribution is 2.48. The quantitative estimate of drug-likeness (QED) is 0.160. The minimum atomic E-state index is 0.833. The summed E-state index contributed by atoms with van der Waals surface area (Å²) in [6.07, 6.45) is 9.88. The Bertz CT molecular complexity index is 2530. The van der Waals surface area contributed by atoms with Crippen molar-refractivity contribution in [3.63, 3.8) is 0 Å². The Morgan fingerprint density at radius 1 is 0.377 bits per heavy atom. The van der Waals surface area contributed by atoms with Crippen molar-refractivity contribution in [2.45, 2.75) is 61.8 Å². The first kappa shape index (κ1) is 34.2. The molecule has 0 saturated heterocycles. The van der Waals surface area contributed by atoms with Gasteiger partial charge in [-0.25, -0.2) is 0 Å². The van der Waals surface area contributed by atoms with Crippen LogP contribution in [0.5, 0.6) is 0 Å². The smallest absolute Gasteiger partial charge is 0.0546 e. The highest BCUT2D eigenvalue weighted by molar-refractivity contribution is 6.18. The molecule has 7 aromatic rings. The molecule has 262 valence electrons. The number of rotatable bonds is 6. The Kier molecular flexibility index (Phi) is 8.79. The van der Waals surface area contributed by atoms with Crippen LogP contribution >= 0.6 is 0 Å². The van der Waals surface area contributed by atoms with Crippen LogP contribution in [-0.4, -0.2) is 0 Å². The normalized spacial score (nSPS) is 12.3. The fourth-order valence-corrected chi connectivity index (χ4v) is 7.80. The van der Waals surface area contributed by atoms with Gasteiger partial charge in [0.15, 0.2) is 0 Å². The zero-order chi connectivity index (χ0) is 37.0. The second-order valence-electron chi connectivity index (χ2n) is 15.1. The van der Waals surface area contributed by atoms with Crippen LogP contribution in [0.15, 0.2) is 127 Å². The van der Waals surface area contributed by atoms with Crippen LogP contribution in [0, 0.1) is 55.4 Å². The molecule has 0 amide bonds. The van der Waals surface area contributed by atoms with Crippen molar-refractivity contribution >= 4 is 61.7 Å². The highest BCUT2D eigenvalue weighted by Gasteiger charge is 2.25. The fourth-order valence-electron chi connectivity index (χ4n) is 7.80. The largest absolute Gasteiger partial charge is 0.310 e. The van der Waals surface area contributed by atoms with Gasteiger partial charge in [-0.1, -0.05) is 72.8 Å². The second kappa shape index (κ2) is 13.6. The summed E-state index contributed by atoms with van der Waals surface area (Å²) in [4.78, 5) is 4.96. The highest BCUT2D eigenvalue weighted by atomic mass is 15.2. The van der Waals surface area contributed by atoms with E-state index in [9.17, 15) is 0 Å². The Morgan fingerprint density at radius 3 is 1.28 bits per heavy atom. The minimum Gasteiger partial charge on any atom is -0.310 e. The molecule has 2 heteroatoms. The summed E-state index contributed by atoms with van der Waals surface area (Å²) < 4.78 is 0. The third-order valence-electron chi connectivity index (χ3n) is 11.6. The van der Waals surface area contributed by atoms with E-state index in [1.807, 2.05) is 0 Å². The maximum atomic E-state index is 2.49. The van der Waals surface area contributed by atoms with Crippen LogP contribution in [0.2, 0.25) is 0 Å². The van der Waals surface area contributed by atoms with Crippen molar-refractivity contribution in [3.05, 3.63) is 183 Å². The van der Waals surface area contributed by atoms with E-state index in [4.69, 9.17) is 0 Å². The summed E-state index contributed by atoms with van der Waals surface area (Å²) in [5, 5.41) is 4.98. The molecular formula is C51H48N2. The predicted molar refractivity (Wildman–Crippen MR) is 231 cm³/mol. The van der Waals surface area contributed by atoms with Gasteiger partial charge in [0.25, 0.3) is 0 Å². The predicted octanol–water partition coefficient (Wildman–Crippen LogP) is 14.5. The molecule has 0 atom stereocenters. The number of anilines is 6. The van der Waals surface area contributed by atoms with Gasteiger partial charge in [0.05, 0.1) is 11.4 Å². The monoisotopic (exact) mass is 688 g/mol. The van der Waals surface area contributed by atoms with Crippen LogP contribution in [-0.2, 0) is 6.42 Å². The Labute approximate surface area is 315 Å². The lowest BCUT2D eigenvalue weighted by Crippen LogP contribution is -2.14. The van der Waals surface area contributed by atoms with E-state index in [1.165, 1.54) is 99.9 Å². The zero-order valence-corrected chi connectivity index (χ0v) is 32.3. The standard InChI is InChI=1S/C51H48N2/c1-32-18-22-40(26-36(32)5)52(41-23-19-33(2)37(6)27-41)50-31-49-45-15-12-13-17-47(45)51(30-48(49)44-14-10-9-11-16-46(44)50)53(42-24-20-34(3)38(7)28-42)43-25-21-35(4)39(8)29-43/h9-15,17-31H,16H2,1-8H3. The first-order chi connectivity index (χ1) is 25.6. The van der Waals surface area contributed by atoms with Crippen LogP contribution in [0.4, 0.5) is 34.1 Å². The van der Waals surface area contributed by atoms with Gasteiger partial charge in [0.2, 0.25) is 0 Å². The van der Waals surface area contributed by atoms with Crippen molar-refractivity contribution in [1.82, 2.24) is 0 Å². The number of nitrogens with zero attached hydrogens (tertiary/aromatic N) is 2. The maximum Gasteiger partial charge on any atom is 0.0546 e. The van der Waals surface area contributed by atoms with Crippen LogP contribution in [0.25, 0.3) is 27.6 Å². The lowest BCUT2D eigenvalue weighted by atomic mass is 9.90. The van der Waals surface area contributed by atoms with E-state index >= 15 is 0 Å². The molecule has 0 aromatic heterocycles. The number of allylic oxidation sites excluding steroid dienone is 3. The molecule has 53 heavy (non-hydrogen) atoms. The summed E-state index contributed by atoms with van der Waals surface area (Å²) in [6.45, 7) is 17.6. The lowest BCUT2D eigenvalue weighted by molar-refractivity contribution is 1.18. The molecule has 0 radical (unpaired) electrons. The zero-order valence-electron chi connectivity index (χ0n) is 32.3. The SMILES string of the molecule is Cc1ccc(N(c2ccc(C)c(C)c2)c2cc3c(cc(N(c4ccc(C)c(C)c4)c4ccc(C)c(C)c4)c4ccccc43)c3c2CC=CC=C3)cc1C. The lowest BCUT2D eigenvalue weighted by Gasteiger charge is -2.31. The van der Waals surface area contributed by atoms with E-state index in [2.05, 4.69) is 199 Å². The molecule has 0 saturated carbocycles. The molecule has 0 fully saturated rings. The molecule has 0 bridgehead atoms. The molecular weight excluding hydrogens is 641 g/mol. The molecule has 0 spiro atoms. The van der Waals surface area contributed by atoms with Gasteiger partial charge in [0, 0.05) is 28.1 Å². The first-order valence-corrected chi connectivity index (χ1v) is 18.8. The molecule has 8 rings (SSSR count). The summed E-state index contributed by atoms with van der Waals surface area (Å²) >= 11 is 0. The topological polar surface area (TPSA) is 6.48 Å². The molecule has 1 aliphatic rings. The van der Waals surface area contributed by atoms with Gasteiger partial charge in [0.1, 0.15) is 0 Å². The average Bonchev–Trinajstić information content (AvgIpc) is 3.41. The van der Waals surface area contributed by atoms with Crippen molar-refractivity contribution in [2.24, 2.45) is 0 Å². The fraction of sp³-hybridized carbons (Fsp3) is 0.176. The summed E-state index contributed by atoms with van der Waals surface area (Å²) in [5.74, 6) is 0. The van der Waals surface area contributed by atoms with E-state index < -0.39 is 0 Å². The van der Waals surface area contributed by atoms with Crippen molar-refractivity contribution < 1.29 is 0 Å². The first-order valence-electron chi connectivity index (χ1n) is 18.8. The molecule has 0 N–H and O–H groups in total. The van der Waals surface area contributed by atoms with Gasteiger partial charge in [-0.15, -0.1) is 0 Å². The third-order valence-corrected chi connectivity index (χ3v) is 11.6. The van der Waals surface area contributed by atoms with E-state index in [1.54, 1.807) is 0 Å². The summed E-state index contributed by atoms with van der Waals surface area (Å²) in [6, 6.07) is 41.4. The van der Waals surface area contributed by atoms with Crippen LogP contribution < -0.4 is 9.80 Å². The van der Waals surface area contributed by atoms with E-state index in [0.29, 0.717) is 0 Å². The van der Waals surface area contributed by atoms with E-state index in [0.717, 1.165) is 17.8 Å². The number of aryl methyl sites for hydroxylation is 8. The number of benzene rings is 7. The summed E-state index contributed by atoms with van der Waals surface area (Å²) in [5.41, 5.74) is 20.0. The average molecular weight is 689 g/mol. The third kappa shape index (κ3) is 6.13. The summed E-state index contributed by atoms with van der Waals surface area (Å²) in [7, 11) is 0. The Morgan fingerprint density at radius 2 is 0.811 bits per heavy atom. The number of hydrogen-bond donors (Lipinski definition) is 0. The van der Waals surface area contributed by atoms with Crippen molar-refractivity contribution in [1.29, 1.82) is 0 Å². The molecule has 1 aliphatic carbocycles. The van der Waals surface area contributed by atoms with Crippen molar-refractivity contribution in [3.8, 4) is 0 Å². The van der Waals surface area contributed by atoms with Gasteiger partial charge < -0.3 is 9.80 Å². The van der Waals surface area contributed by atoms with Gasteiger partial charge >= 0.3 is 0 Å². The van der Waals surface area contributed by atoms with Gasteiger partial charge in [-0.2, -0.15) is 0 Å². The van der Waals surface area contributed by atoms with Gasteiger partial charge in [-0.05, 0) is 194 Å². The molecule has 2 nitrogen and oxygen atoms in total. The Hall–Kier alpha value is -5.86. The van der Waals surface area contributed by atoms with Crippen LogP contribution in [0.1, 0.15) is 55.6 Å². The van der Waals surface area contributed by atoms with Gasteiger partial charge in [-0.3, -0.25) is 0 Å². The maximum absolute atomic E-state index is 2.49. The molecule has 0 aliphatic heterocycles. The second-order valence-corrected chi connectivity index (χ2v) is 15.1. The van der Waals surface area contributed by atoms with E-state index in [-0.39, 0.29) is 0 Å². The molecule has 0 heterocycles. The Balaban J connectivity index is 1.47. The van der Waals surface area contributed by atoms with Crippen LogP contribution in [0.3, 0.4) is 0 Å². The molecule has 7 aromatic carbocycles. The molecule has 0 unspecified atom stereocenters. The minimum absolute atomic E-state index is 0.833. The number of hydrogen-bond acceptors (Lipinski definition) is 2. The van der Waals surface area contributed by atoms with Crippen molar-refractivity contribution in [2.75, 3.05) is 9.80 Å². The number of fused-ring (bicyclic) bond motifs is 5.